The van der Waals surface area contributed by atoms with Crippen molar-refractivity contribution in [2.24, 2.45) is 0 Å². The van der Waals surface area contributed by atoms with Gasteiger partial charge in [0.2, 0.25) is 0 Å². The first-order valence-electron chi connectivity index (χ1n) is 21.8. The lowest BCUT2D eigenvalue weighted by Gasteiger charge is -2.06. The minimum Gasteiger partial charge on any atom is -0.218 e. The van der Waals surface area contributed by atoms with Crippen molar-refractivity contribution in [3.05, 3.63) is 24.4 Å². The number of aryl methyl sites for hydroxylation is 2. The minimum atomic E-state index is 0.662. The molecular formula is C44H84N3. The molecule has 0 amide bonds. The van der Waals surface area contributed by atoms with E-state index in [9.17, 15) is 0 Å². The van der Waals surface area contributed by atoms with E-state index in [1.54, 1.807) is 0 Å². The highest BCUT2D eigenvalue weighted by atomic mass is 15.0. The molecule has 0 spiro atoms. The van der Waals surface area contributed by atoms with E-state index in [0.717, 1.165) is 24.5 Å². The fraction of sp³-hybridized carbons (Fsp3) is 0.909. The van der Waals surface area contributed by atoms with Gasteiger partial charge in [-0.3, -0.25) is 0 Å². The third-order valence-electron chi connectivity index (χ3n) is 10.3. The summed E-state index contributed by atoms with van der Waals surface area (Å²) in [5.41, 5.74) is 0. The normalized spacial score (nSPS) is 11.6. The maximum absolute atomic E-state index is 4.80. The number of rotatable bonds is 38. The number of hydrogen-bond donors (Lipinski definition) is 0. The van der Waals surface area contributed by atoms with Crippen molar-refractivity contribution in [2.75, 3.05) is 0 Å². The Kier molecular flexibility index (Phi) is 34.0. The van der Waals surface area contributed by atoms with Gasteiger partial charge in [0, 0.05) is 19.8 Å². The fourth-order valence-corrected chi connectivity index (χ4v) is 7.12. The van der Waals surface area contributed by atoms with Crippen LogP contribution in [0.3, 0.4) is 0 Å². The summed E-state index contributed by atoms with van der Waals surface area (Å²) >= 11 is 0. The van der Waals surface area contributed by atoms with E-state index >= 15 is 0 Å². The van der Waals surface area contributed by atoms with E-state index in [1.807, 2.05) is 0 Å². The van der Waals surface area contributed by atoms with Crippen LogP contribution in [-0.4, -0.2) is 15.0 Å². The van der Waals surface area contributed by atoms with Gasteiger partial charge in [-0.1, -0.05) is 232 Å². The lowest BCUT2D eigenvalue weighted by atomic mass is 10.0. The highest BCUT2D eigenvalue weighted by Gasteiger charge is 2.05. The van der Waals surface area contributed by atoms with Crippen LogP contribution in [0.15, 0.2) is 0 Å². The van der Waals surface area contributed by atoms with Gasteiger partial charge in [-0.2, -0.15) is 0 Å². The first kappa shape index (κ1) is 44.0. The molecule has 47 heavy (non-hydrogen) atoms. The molecule has 1 rings (SSSR count). The fourth-order valence-electron chi connectivity index (χ4n) is 7.12. The second kappa shape index (κ2) is 36.3. The van der Waals surface area contributed by atoms with Gasteiger partial charge < -0.3 is 0 Å². The summed E-state index contributed by atoms with van der Waals surface area (Å²) in [6.07, 6.45) is 52.9. The van der Waals surface area contributed by atoms with Crippen molar-refractivity contribution < 1.29 is 0 Å². The largest absolute Gasteiger partial charge is 0.218 e. The van der Waals surface area contributed by atoms with Crippen LogP contribution in [0.4, 0.5) is 0 Å². The summed E-state index contributed by atoms with van der Waals surface area (Å²) in [6, 6.07) is 0. The summed E-state index contributed by atoms with van der Waals surface area (Å²) in [4.78, 5) is 13.9. The SMILES string of the molecule is [CH2]c1nc(CCCCCCCCCCCCCCCCCCCC)nc(CCCCCCCCCCCCCCCCCCCC)n1. The van der Waals surface area contributed by atoms with E-state index < -0.39 is 0 Å². The maximum Gasteiger partial charge on any atom is 0.133 e. The monoisotopic (exact) mass is 655 g/mol. The Labute approximate surface area is 296 Å². The van der Waals surface area contributed by atoms with Gasteiger partial charge in [-0.15, -0.1) is 0 Å². The van der Waals surface area contributed by atoms with Gasteiger partial charge in [0.05, 0.1) is 0 Å². The summed E-state index contributed by atoms with van der Waals surface area (Å²) in [7, 11) is 0. The van der Waals surface area contributed by atoms with Crippen molar-refractivity contribution in [1.82, 2.24) is 15.0 Å². The number of hydrogen-bond acceptors (Lipinski definition) is 3. The van der Waals surface area contributed by atoms with E-state index in [1.165, 1.54) is 231 Å². The van der Waals surface area contributed by atoms with Crippen molar-refractivity contribution in [1.29, 1.82) is 0 Å². The molecule has 3 nitrogen and oxygen atoms in total. The molecule has 0 aliphatic heterocycles. The molecule has 1 aromatic heterocycles. The molecular weight excluding hydrogens is 571 g/mol. The Morgan fingerprint density at radius 1 is 0.277 bits per heavy atom. The van der Waals surface area contributed by atoms with Crippen LogP contribution in [0.2, 0.25) is 0 Å². The molecule has 0 aliphatic carbocycles. The first-order chi connectivity index (χ1) is 23.3. The molecule has 0 unspecified atom stereocenters. The molecule has 0 saturated carbocycles. The summed E-state index contributed by atoms with van der Waals surface area (Å²) in [6.45, 7) is 8.64. The molecule has 0 aliphatic rings. The molecule has 3 heteroatoms. The van der Waals surface area contributed by atoms with Gasteiger partial charge in [0.25, 0.3) is 0 Å². The average molecular weight is 655 g/mol. The zero-order valence-electron chi connectivity index (χ0n) is 32.4. The third-order valence-corrected chi connectivity index (χ3v) is 10.3. The summed E-state index contributed by atoms with van der Waals surface area (Å²) < 4.78 is 0. The van der Waals surface area contributed by atoms with Crippen molar-refractivity contribution >= 4 is 0 Å². The number of unbranched alkanes of at least 4 members (excludes halogenated alkanes) is 34. The van der Waals surface area contributed by atoms with Gasteiger partial charge in [-0.05, 0) is 12.8 Å². The van der Waals surface area contributed by atoms with Crippen LogP contribution >= 0.6 is 0 Å². The standard InChI is InChI=1S/C44H84N3/c1-4-6-8-10-12-14-16-18-20-22-24-26-28-30-32-34-36-38-40-43-45-42(3)46-44(47-43)41-39-37-35-33-31-29-27-25-23-21-19-17-15-13-11-9-7-5-2/h3-41H2,1-2H3. The number of nitrogens with zero attached hydrogens (tertiary/aromatic N) is 3. The zero-order valence-corrected chi connectivity index (χ0v) is 32.4. The molecule has 1 aromatic rings. The van der Waals surface area contributed by atoms with Crippen LogP contribution in [0.5, 0.6) is 0 Å². The van der Waals surface area contributed by atoms with Crippen LogP contribution in [0, 0.1) is 6.92 Å². The molecule has 0 saturated heterocycles. The lowest BCUT2D eigenvalue weighted by molar-refractivity contribution is 0.523. The second-order valence-electron chi connectivity index (χ2n) is 15.1. The Bertz CT molecular complexity index is 689. The minimum absolute atomic E-state index is 0.662. The van der Waals surface area contributed by atoms with Crippen LogP contribution in [0.1, 0.15) is 262 Å². The topological polar surface area (TPSA) is 38.7 Å². The van der Waals surface area contributed by atoms with Gasteiger partial charge in [0.15, 0.2) is 0 Å². The number of aromatic nitrogens is 3. The summed E-state index contributed by atoms with van der Waals surface area (Å²) in [5, 5.41) is 0. The quantitative estimate of drug-likeness (QED) is 0.0666. The Morgan fingerprint density at radius 3 is 0.681 bits per heavy atom. The smallest absolute Gasteiger partial charge is 0.133 e. The predicted molar refractivity (Wildman–Crippen MR) is 209 cm³/mol. The predicted octanol–water partition coefficient (Wildman–Crippen LogP) is 15.2. The van der Waals surface area contributed by atoms with Crippen LogP contribution < -0.4 is 0 Å². The van der Waals surface area contributed by atoms with E-state index in [2.05, 4.69) is 30.7 Å². The lowest BCUT2D eigenvalue weighted by Crippen LogP contribution is -2.06. The van der Waals surface area contributed by atoms with Crippen molar-refractivity contribution in [3.63, 3.8) is 0 Å². The molecule has 0 N–H and O–H groups in total. The molecule has 0 bridgehead atoms. The zero-order chi connectivity index (χ0) is 33.7. The highest BCUT2D eigenvalue weighted by molar-refractivity contribution is 5.00. The van der Waals surface area contributed by atoms with Crippen molar-refractivity contribution in [2.45, 2.75) is 258 Å². The molecule has 0 atom stereocenters. The van der Waals surface area contributed by atoms with Crippen molar-refractivity contribution in [3.8, 4) is 0 Å². The molecule has 0 fully saturated rings. The van der Waals surface area contributed by atoms with E-state index in [-0.39, 0.29) is 0 Å². The van der Waals surface area contributed by atoms with Gasteiger partial charge in [-0.25, -0.2) is 15.0 Å². The van der Waals surface area contributed by atoms with Crippen LogP contribution in [0.25, 0.3) is 0 Å². The average Bonchev–Trinajstić information content (AvgIpc) is 3.07. The first-order valence-corrected chi connectivity index (χ1v) is 21.8. The molecule has 275 valence electrons. The third kappa shape index (κ3) is 32.0. The maximum atomic E-state index is 4.80. The Morgan fingerprint density at radius 2 is 0.468 bits per heavy atom. The van der Waals surface area contributed by atoms with E-state index in [0.29, 0.717) is 5.82 Å². The van der Waals surface area contributed by atoms with E-state index in [4.69, 9.17) is 4.98 Å². The van der Waals surface area contributed by atoms with Crippen LogP contribution in [-0.2, 0) is 12.8 Å². The Balaban J connectivity index is 1.88. The Hall–Kier alpha value is -0.990. The molecule has 1 radical (unpaired) electrons. The highest BCUT2D eigenvalue weighted by Crippen LogP contribution is 2.17. The summed E-state index contributed by atoms with van der Waals surface area (Å²) in [5.74, 6) is 2.60. The molecule has 0 aromatic carbocycles. The second-order valence-corrected chi connectivity index (χ2v) is 15.1. The molecule has 1 heterocycles. The van der Waals surface area contributed by atoms with Gasteiger partial charge in [0.1, 0.15) is 17.5 Å². The van der Waals surface area contributed by atoms with Gasteiger partial charge >= 0.3 is 0 Å².